The van der Waals surface area contributed by atoms with Gasteiger partial charge in [-0.15, -0.1) is 11.3 Å². The number of piperidine rings is 1. The number of nitrogens with two attached hydrogens (primary N) is 2. The zero-order valence-electron chi connectivity index (χ0n) is 19.5. The maximum atomic E-state index is 13.5. The predicted molar refractivity (Wildman–Crippen MR) is 127 cm³/mol. The summed E-state index contributed by atoms with van der Waals surface area (Å²) in [6.07, 6.45) is 2.57. The van der Waals surface area contributed by atoms with E-state index < -0.39 is 0 Å². The van der Waals surface area contributed by atoms with Crippen LogP contribution in [-0.4, -0.2) is 80.0 Å². The molecule has 5 N–H and O–H groups in total. The Bertz CT molecular complexity index is 808. The summed E-state index contributed by atoms with van der Waals surface area (Å²) in [6, 6.07) is 0.104. The molecule has 0 saturated carbocycles. The van der Waals surface area contributed by atoms with Crippen molar-refractivity contribution in [1.82, 2.24) is 20.0 Å². The van der Waals surface area contributed by atoms with Gasteiger partial charge in [-0.1, -0.05) is 13.8 Å². The third kappa shape index (κ3) is 5.32. The SMILES string of the molecule is CC(C)CN(C(=O)NCCN(C)C)C(=O)[C@@H]1C[C@@H]2Cc3c(sc(N)c3N)C[C@H]2N(C)C1. The Kier molecular flexibility index (Phi) is 7.49. The summed E-state index contributed by atoms with van der Waals surface area (Å²) in [5.74, 6) is 0.297. The van der Waals surface area contributed by atoms with Gasteiger partial charge in [-0.05, 0) is 57.8 Å². The van der Waals surface area contributed by atoms with E-state index in [0.717, 1.165) is 31.5 Å². The number of likely N-dealkylation sites (tertiary alicyclic amines) is 1. The van der Waals surface area contributed by atoms with Crippen LogP contribution in [0, 0.1) is 17.8 Å². The number of hydrogen-bond acceptors (Lipinski definition) is 7. The first kappa shape index (κ1) is 23.8. The standard InChI is InChI=1S/C22H38N6O2S/c1-13(2)11-28(22(30)25-6-7-26(3)4)21(29)15-8-14-9-16-18(31-20(24)19(16)23)10-17(14)27(5)12-15/h13-15,17H,6-12,23-24H2,1-5H3,(H,25,30)/t14-,15-,17-/m1/s1. The van der Waals surface area contributed by atoms with Crippen LogP contribution >= 0.6 is 11.3 Å². The molecular formula is C22H38N6O2S. The molecule has 174 valence electrons. The number of fused-ring (bicyclic) bond motifs is 2. The van der Waals surface area contributed by atoms with E-state index >= 15 is 0 Å². The van der Waals surface area contributed by atoms with Gasteiger partial charge in [-0.2, -0.15) is 0 Å². The van der Waals surface area contributed by atoms with Gasteiger partial charge in [0.2, 0.25) is 5.91 Å². The van der Waals surface area contributed by atoms with Crippen molar-refractivity contribution in [2.24, 2.45) is 17.8 Å². The molecule has 1 saturated heterocycles. The van der Waals surface area contributed by atoms with Crippen molar-refractivity contribution >= 4 is 34.0 Å². The molecule has 0 unspecified atom stereocenters. The molecule has 3 rings (SSSR count). The zero-order valence-corrected chi connectivity index (χ0v) is 20.3. The van der Waals surface area contributed by atoms with E-state index in [2.05, 4.69) is 17.3 Å². The van der Waals surface area contributed by atoms with Crippen LogP contribution in [-0.2, 0) is 17.6 Å². The molecule has 8 nitrogen and oxygen atoms in total. The fraction of sp³-hybridized carbons (Fsp3) is 0.727. The topological polar surface area (TPSA) is 108 Å². The van der Waals surface area contributed by atoms with E-state index in [1.807, 2.05) is 32.8 Å². The molecule has 0 spiro atoms. The van der Waals surface area contributed by atoms with Gasteiger partial charge in [0, 0.05) is 37.1 Å². The molecule has 1 aromatic heterocycles. The number of imide groups is 1. The van der Waals surface area contributed by atoms with E-state index in [4.69, 9.17) is 11.5 Å². The Morgan fingerprint density at radius 2 is 1.97 bits per heavy atom. The lowest BCUT2D eigenvalue weighted by Crippen LogP contribution is -2.56. The number of urea groups is 1. The number of carbonyl (C=O) groups is 2. The summed E-state index contributed by atoms with van der Waals surface area (Å²) in [5.41, 5.74) is 14.2. The van der Waals surface area contributed by atoms with Gasteiger partial charge >= 0.3 is 6.03 Å². The molecule has 1 aliphatic carbocycles. The van der Waals surface area contributed by atoms with Gasteiger partial charge in [0.1, 0.15) is 5.00 Å². The molecule has 0 radical (unpaired) electrons. The van der Waals surface area contributed by atoms with Crippen LogP contribution in [0.3, 0.4) is 0 Å². The fourth-order valence-electron chi connectivity index (χ4n) is 4.89. The van der Waals surface area contributed by atoms with Crippen molar-refractivity contribution in [2.45, 2.75) is 39.2 Å². The van der Waals surface area contributed by atoms with E-state index in [1.165, 1.54) is 15.3 Å². The minimum absolute atomic E-state index is 0.0649. The van der Waals surface area contributed by atoms with Crippen molar-refractivity contribution in [3.8, 4) is 0 Å². The van der Waals surface area contributed by atoms with E-state index in [-0.39, 0.29) is 23.8 Å². The molecule has 1 aromatic rings. The van der Waals surface area contributed by atoms with Crippen molar-refractivity contribution in [2.75, 3.05) is 58.8 Å². The lowest BCUT2D eigenvalue weighted by molar-refractivity contribution is -0.136. The highest BCUT2D eigenvalue weighted by Gasteiger charge is 2.43. The van der Waals surface area contributed by atoms with Crippen LogP contribution < -0.4 is 16.8 Å². The van der Waals surface area contributed by atoms with E-state index in [0.29, 0.717) is 36.6 Å². The summed E-state index contributed by atoms with van der Waals surface area (Å²) >= 11 is 1.60. The first-order valence-corrected chi connectivity index (χ1v) is 12.0. The molecule has 1 aliphatic heterocycles. The average molecular weight is 451 g/mol. The van der Waals surface area contributed by atoms with Crippen LogP contribution in [0.2, 0.25) is 0 Å². The molecular weight excluding hydrogens is 412 g/mol. The number of likely N-dealkylation sites (N-methyl/N-ethyl adjacent to an activating group) is 2. The largest absolute Gasteiger partial charge is 0.396 e. The van der Waals surface area contributed by atoms with Crippen LogP contribution in [0.1, 0.15) is 30.7 Å². The summed E-state index contributed by atoms with van der Waals surface area (Å²) in [7, 11) is 6.01. The van der Waals surface area contributed by atoms with Crippen molar-refractivity contribution in [3.63, 3.8) is 0 Å². The lowest BCUT2D eigenvalue weighted by Gasteiger charge is -2.45. The second-order valence-electron chi connectivity index (χ2n) is 9.77. The highest BCUT2D eigenvalue weighted by atomic mass is 32.1. The van der Waals surface area contributed by atoms with Gasteiger partial charge in [-0.25, -0.2) is 4.79 Å². The number of anilines is 2. The molecule has 0 aromatic carbocycles. The minimum Gasteiger partial charge on any atom is -0.396 e. The number of hydrogen-bond donors (Lipinski definition) is 3. The number of nitrogens with one attached hydrogen (secondary N) is 1. The highest BCUT2D eigenvalue weighted by molar-refractivity contribution is 7.16. The molecule has 31 heavy (non-hydrogen) atoms. The van der Waals surface area contributed by atoms with Crippen molar-refractivity contribution in [3.05, 3.63) is 10.4 Å². The van der Waals surface area contributed by atoms with E-state index in [9.17, 15) is 9.59 Å². The van der Waals surface area contributed by atoms with Crippen molar-refractivity contribution in [1.29, 1.82) is 0 Å². The quantitative estimate of drug-likeness (QED) is 0.609. The summed E-state index contributed by atoms with van der Waals surface area (Å²) in [5, 5.41) is 3.62. The first-order valence-electron chi connectivity index (χ1n) is 11.2. The number of rotatable bonds is 6. The molecule has 3 amide bonds. The second-order valence-corrected chi connectivity index (χ2v) is 10.9. The molecule has 9 heteroatoms. The van der Waals surface area contributed by atoms with Crippen LogP contribution in [0.15, 0.2) is 0 Å². The Labute approximate surface area is 189 Å². The molecule has 3 atom stereocenters. The Hall–Kier alpha value is -1.84. The number of amides is 3. The predicted octanol–water partition coefficient (Wildman–Crippen LogP) is 1.70. The third-order valence-electron chi connectivity index (χ3n) is 6.47. The number of nitrogens with zero attached hydrogens (tertiary/aromatic N) is 3. The van der Waals surface area contributed by atoms with Gasteiger partial charge in [-0.3, -0.25) is 9.69 Å². The summed E-state index contributed by atoms with van der Waals surface area (Å²) in [6.45, 7) is 6.42. The Morgan fingerprint density at radius 3 is 2.61 bits per heavy atom. The maximum absolute atomic E-state index is 13.5. The molecule has 0 bridgehead atoms. The lowest BCUT2D eigenvalue weighted by atomic mass is 9.74. The molecule has 1 fully saturated rings. The van der Waals surface area contributed by atoms with Gasteiger partial charge in [0.15, 0.2) is 0 Å². The number of nitrogen functional groups attached to an aromatic ring is 2. The minimum atomic E-state index is -0.286. The fourth-order valence-corrected chi connectivity index (χ4v) is 5.96. The van der Waals surface area contributed by atoms with Gasteiger partial charge in [0.05, 0.1) is 11.6 Å². The Morgan fingerprint density at radius 1 is 1.26 bits per heavy atom. The molecule has 2 heterocycles. The second kappa shape index (κ2) is 9.75. The normalized spacial score (nSPS) is 23.5. The van der Waals surface area contributed by atoms with E-state index in [1.54, 1.807) is 11.3 Å². The Balaban J connectivity index is 1.72. The molecule has 2 aliphatic rings. The highest BCUT2D eigenvalue weighted by Crippen LogP contribution is 2.44. The maximum Gasteiger partial charge on any atom is 0.324 e. The third-order valence-corrected chi connectivity index (χ3v) is 7.57. The average Bonchev–Trinajstić information content (AvgIpc) is 2.97. The first-order chi connectivity index (χ1) is 14.6. The summed E-state index contributed by atoms with van der Waals surface area (Å²) in [4.78, 5) is 33.4. The van der Waals surface area contributed by atoms with Crippen LogP contribution in [0.25, 0.3) is 0 Å². The number of carbonyl (C=O) groups excluding carboxylic acids is 2. The van der Waals surface area contributed by atoms with Crippen LogP contribution in [0.5, 0.6) is 0 Å². The smallest absolute Gasteiger partial charge is 0.324 e. The zero-order chi connectivity index (χ0) is 22.9. The monoisotopic (exact) mass is 450 g/mol. The van der Waals surface area contributed by atoms with Crippen LogP contribution in [0.4, 0.5) is 15.5 Å². The van der Waals surface area contributed by atoms with Gasteiger partial charge < -0.3 is 26.6 Å². The number of thiophene rings is 1. The summed E-state index contributed by atoms with van der Waals surface area (Å²) < 4.78 is 0. The van der Waals surface area contributed by atoms with Crippen molar-refractivity contribution < 1.29 is 9.59 Å². The van der Waals surface area contributed by atoms with Gasteiger partial charge in [0.25, 0.3) is 0 Å².